The zero-order chi connectivity index (χ0) is 8.97. The summed E-state index contributed by atoms with van der Waals surface area (Å²) in [5.41, 5.74) is 7.04. The van der Waals surface area contributed by atoms with E-state index in [1.807, 2.05) is 0 Å². The molecule has 0 unspecified atom stereocenters. The average molecular weight is 165 g/mol. The molecular weight excluding hydrogens is 154 g/mol. The summed E-state index contributed by atoms with van der Waals surface area (Å²) in [7, 11) is 0. The molecule has 0 fully saturated rings. The standard InChI is InChI=1S/C9H11NO2/c10-8-4-1-7(2-5-8)3-6-9(11)12/h1-6,9,11-12H,10H2/b6-3+. The number of benzene rings is 1. The zero-order valence-corrected chi connectivity index (χ0v) is 6.51. The van der Waals surface area contributed by atoms with Crippen LogP contribution in [0.1, 0.15) is 5.56 Å². The molecule has 0 radical (unpaired) electrons. The van der Waals surface area contributed by atoms with Crippen LogP contribution < -0.4 is 5.73 Å². The van der Waals surface area contributed by atoms with Gasteiger partial charge in [-0.3, -0.25) is 0 Å². The summed E-state index contributed by atoms with van der Waals surface area (Å²) in [4.78, 5) is 0. The van der Waals surface area contributed by atoms with E-state index in [-0.39, 0.29) is 0 Å². The van der Waals surface area contributed by atoms with Gasteiger partial charge >= 0.3 is 0 Å². The van der Waals surface area contributed by atoms with Gasteiger partial charge in [-0.15, -0.1) is 0 Å². The molecule has 64 valence electrons. The minimum Gasteiger partial charge on any atom is -0.399 e. The van der Waals surface area contributed by atoms with E-state index in [2.05, 4.69) is 0 Å². The molecular formula is C9H11NO2. The smallest absolute Gasteiger partial charge is 0.171 e. The van der Waals surface area contributed by atoms with Gasteiger partial charge in [0.25, 0.3) is 0 Å². The first-order valence-electron chi connectivity index (χ1n) is 3.58. The Morgan fingerprint density at radius 3 is 2.25 bits per heavy atom. The lowest BCUT2D eigenvalue weighted by Gasteiger charge is -1.95. The fraction of sp³-hybridized carbons (Fsp3) is 0.111. The van der Waals surface area contributed by atoms with Gasteiger partial charge in [-0.2, -0.15) is 0 Å². The Bertz CT molecular complexity index is 264. The van der Waals surface area contributed by atoms with Gasteiger partial charge in [-0.1, -0.05) is 18.2 Å². The van der Waals surface area contributed by atoms with Gasteiger partial charge in [0.1, 0.15) is 0 Å². The van der Waals surface area contributed by atoms with Gasteiger partial charge in [0.05, 0.1) is 0 Å². The zero-order valence-electron chi connectivity index (χ0n) is 6.51. The van der Waals surface area contributed by atoms with Crippen LogP contribution >= 0.6 is 0 Å². The highest BCUT2D eigenvalue weighted by Crippen LogP contribution is 2.06. The molecule has 0 aliphatic heterocycles. The fourth-order valence-electron chi connectivity index (χ4n) is 0.804. The monoisotopic (exact) mass is 165 g/mol. The third-order valence-electron chi connectivity index (χ3n) is 1.40. The van der Waals surface area contributed by atoms with Crippen molar-refractivity contribution in [2.45, 2.75) is 6.29 Å². The molecule has 3 nitrogen and oxygen atoms in total. The van der Waals surface area contributed by atoms with Gasteiger partial charge in [-0.05, 0) is 23.8 Å². The first kappa shape index (κ1) is 8.77. The van der Waals surface area contributed by atoms with Crippen LogP contribution in [0, 0.1) is 0 Å². The summed E-state index contributed by atoms with van der Waals surface area (Å²) in [6, 6.07) is 7.11. The molecule has 0 aliphatic carbocycles. The molecule has 1 rings (SSSR count). The summed E-state index contributed by atoms with van der Waals surface area (Å²) >= 11 is 0. The predicted octanol–water partition coefficient (Wildman–Crippen LogP) is 0.593. The number of aliphatic hydroxyl groups is 2. The highest BCUT2D eigenvalue weighted by Gasteiger charge is 1.89. The Kier molecular flexibility index (Phi) is 2.85. The number of nitrogen functional groups attached to an aromatic ring is 1. The van der Waals surface area contributed by atoms with E-state index in [1.54, 1.807) is 30.3 Å². The molecule has 1 aromatic carbocycles. The number of rotatable bonds is 2. The molecule has 0 aliphatic rings. The Hall–Kier alpha value is -1.32. The van der Waals surface area contributed by atoms with Gasteiger partial charge in [0.15, 0.2) is 6.29 Å². The number of aliphatic hydroxyl groups excluding tert-OH is 1. The summed E-state index contributed by atoms with van der Waals surface area (Å²) in [6.07, 6.45) is 1.50. The van der Waals surface area contributed by atoms with Crippen LogP contribution in [0.3, 0.4) is 0 Å². The second-order valence-corrected chi connectivity index (χ2v) is 2.44. The van der Waals surface area contributed by atoms with Gasteiger partial charge in [0, 0.05) is 5.69 Å². The summed E-state index contributed by atoms with van der Waals surface area (Å²) in [5, 5.41) is 17.0. The van der Waals surface area contributed by atoms with E-state index in [1.165, 1.54) is 6.08 Å². The lowest BCUT2D eigenvalue weighted by Crippen LogP contribution is -1.96. The number of nitrogens with two attached hydrogens (primary N) is 1. The Labute approximate surface area is 70.8 Å². The van der Waals surface area contributed by atoms with Crippen molar-refractivity contribution < 1.29 is 10.2 Å². The van der Waals surface area contributed by atoms with Crippen LogP contribution in [0.5, 0.6) is 0 Å². The molecule has 0 spiro atoms. The molecule has 0 saturated carbocycles. The molecule has 0 amide bonds. The molecule has 0 bridgehead atoms. The minimum atomic E-state index is -1.40. The quantitative estimate of drug-likeness (QED) is 0.444. The fourth-order valence-corrected chi connectivity index (χ4v) is 0.804. The summed E-state index contributed by atoms with van der Waals surface area (Å²) < 4.78 is 0. The van der Waals surface area contributed by atoms with Crippen LogP contribution in [0.2, 0.25) is 0 Å². The lowest BCUT2D eigenvalue weighted by atomic mass is 10.2. The van der Waals surface area contributed by atoms with Crippen molar-refractivity contribution in [3.05, 3.63) is 35.9 Å². The maximum Gasteiger partial charge on any atom is 0.171 e. The van der Waals surface area contributed by atoms with E-state index in [0.717, 1.165) is 5.56 Å². The van der Waals surface area contributed by atoms with Crippen LogP contribution in [0.25, 0.3) is 6.08 Å². The van der Waals surface area contributed by atoms with Crippen LogP contribution in [-0.4, -0.2) is 16.5 Å². The van der Waals surface area contributed by atoms with E-state index in [4.69, 9.17) is 15.9 Å². The first-order valence-corrected chi connectivity index (χ1v) is 3.58. The number of hydrogen-bond donors (Lipinski definition) is 3. The van der Waals surface area contributed by atoms with Gasteiger partial charge in [0.2, 0.25) is 0 Å². The van der Waals surface area contributed by atoms with Crippen molar-refractivity contribution in [2.24, 2.45) is 0 Å². The van der Waals surface area contributed by atoms with Crippen molar-refractivity contribution >= 4 is 11.8 Å². The van der Waals surface area contributed by atoms with Crippen LogP contribution in [0.15, 0.2) is 30.3 Å². The molecule has 0 saturated heterocycles. The molecule has 4 N–H and O–H groups in total. The van der Waals surface area contributed by atoms with Crippen LogP contribution in [-0.2, 0) is 0 Å². The topological polar surface area (TPSA) is 66.5 Å². The molecule has 12 heavy (non-hydrogen) atoms. The normalized spacial score (nSPS) is 11.2. The first-order chi connectivity index (χ1) is 5.68. The molecule has 0 heterocycles. The largest absolute Gasteiger partial charge is 0.399 e. The summed E-state index contributed by atoms with van der Waals surface area (Å²) in [5.74, 6) is 0. The van der Waals surface area contributed by atoms with E-state index >= 15 is 0 Å². The second kappa shape index (κ2) is 3.90. The van der Waals surface area contributed by atoms with Gasteiger partial charge in [-0.25, -0.2) is 0 Å². The Morgan fingerprint density at radius 2 is 1.75 bits per heavy atom. The average Bonchev–Trinajstić information content (AvgIpc) is 2.03. The Balaban J connectivity index is 2.71. The maximum absolute atomic E-state index is 8.51. The molecule has 3 heteroatoms. The third kappa shape index (κ3) is 2.74. The number of anilines is 1. The van der Waals surface area contributed by atoms with E-state index in [9.17, 15) is 0 Å². The Morgan fingerprint density at radius 1 is 1.17 bits per heavy atom. The highest BCUT2D eigenvalue weighted by atomic mass is 16.5. The number of hydrogen-bond acceptors (Lipinski definition) is 3. The van der Waals surface area contributed by atoms with Crippen molar-refractivity contribution in [1.82, 2.24) is 0 Å². The SMILES string of the molecule is Nc1ccc(/C=C/C(O)O)cc1. The highest BCUT2D eigenvalue weighted by molar-refractivity contribution is 5.53. The van der Waals surface area contributed by atoms with Gasteiger partial charge < -0.3 is 15.9 Å². The van der Waals surface area contributed by atoms with Crippen molar-refractivity contribution in [3.63, 3.8) is 0 Å². The minimum absolute atomic E-state index is 0.691. The van der Waals surface area contributed by atoms with Crippen molar-refractivity contribution in [2.75, 3.05) is 5.73 Å². The van der Waals surface area contributed by atoms with Crippen molar-refractivity contribution in [3.8, 4) is 0 Å². The van der Waals surface area contributed by atoms with Crippen LogP contribution in [0.4, 0.5) is 5.69 Å². The molecule has 1 aromatic rings. The van der Waals surface area contributed by atoms with Crippen molar-refractivity contribution in [1.29, 1.82) is 0 Å². The lowest BCUT2D eigenvalue weighted by molar-refractivity contribution is 0.00304. The summed E-state index contributed by atoms with van der Waals surface area (Å²) in [6.45, 7) is 0. The third-order valence-corrected chi connectivity index (χ3v) is 1.40. The maximum atomic E-state index is 8.51. The van der Waals surface area contributed by atoms with E-state index in [0.29, 0.717) is 5.69 Å². The molecule has 0 atom stereocenters. The molecule has 0 aromatic heterocycles. The second-order valence-electron chi connectivity index (χ2n) is 2.44. The predicted molar refractivity (Wildman–Crippen MR) is 48.1 cm³/mol. The van der Waals surface area contributed by atoms with E-state index < -0.39 is 6.29 Å².